The van der Waals surface area contributed by atoms with Crippen LogP contribution in [0.1, 0.15) is 17.2 Å². The summed E-state index contributed by atoms with van der Waals surface area (Å²) >= 11 is 17.2. The average molecular weight is 324 g/mol. The largest absolute Gasteiger partial charge is 0.383 e. The van der Waals surface area contributed by atoms with Gasteiger partial charge in [-0.2, -0.15) is 0 Å². The van der Waals surface area contributed by atoms with Crippen LogP contribution in [0.5, 0.6) is 0 Å². The van der Waals surface area contributed by atoms with Crippen LogP contribution in [0, 0.1) is 11.6 Å². The van der Waals surface area contributed by atoms with Gasteiger partial charge in [-0.3, -0.25) is 0 Å². The third kappa shape index (κ3) is 2.84. The van der Waals surface area contributed by atoms with Crippen LogP contribution in [0.2, 0.25) is 15.1 Å². The van der Waals surface area contributed by atoms with Crippen LogP contribution in [0.15, 0.2) is 30.3 Å². The van der Waals surface area contributed by atoms with Crippen molar-refractivity contribution in [2.75, 3.05) is 0 Å². The minimum atomic E-state index is -1.43. The first kappa shape index (κ1) is 14.5. The molecule has 0 fully saturated rings. The third-order valence-electron chi connectivity index (χ3n) is 2.61. The summed E-state index contributed by atoms with van der Waals surface area (Å²) in [7, 11) is 0. The van der Waals surface area contributed by atoms with Crippen molar-refractivity contribution in [3.05, 3.63) is 68.2 Å². The van der Waals surface area contributed by atoms with Gasteiger partial charge in [-0.25, -0.2) is 8.78 Å². The van der Waals surface area contributed by atoms with E-state index in [4.69, 9.17) is 34.8 Å². The molecule has 2 aromatic carbocycles. The summed E-state index contributed by atoms with van der Waals surface area (Å²) in [5.74, 6) is -1.65. The summed E-state index contributed by atoms with van der Waals surface area (Å²) < 4.78 is 27.1. The molecule has 0 radical (unpaired) electrons. The normalized spacial score (nSPS) is 12.5. The SMILES string of the molecule is OC(c1cc(F)c(Cl)cc1F)c1cccc(Cl)c1Cl. The number of hydrogen-bond donors (Lipinski definition) is 1. The zero-order valence-corrected chi connectivity index (χ0v) is 11.6. The van der Waals surface area contributed by atoms with Crippen molar-refractivity contribution in [3.8, 4) is 0 Å². The molecule has 1 atom stereocenters. The Morgan fingerprint density at radius 1 is 0.895 bits per heavy atom. The molecule has 0 saturated heterocycles. The molecular weight excluding hydrogens is 316 g/mol. The van der Waals surface area contributed by atoms with Crippen molar-refractivity contribution in [2.24, 2.45) is 0 Å². The van der Waals surface area contributed by atoms with E-state index in [0.29, 0.717) is 0 Å². The first-order chi connectivity index (χ1) is 8.91. The molecule has 2 aromatic rings. The van der Waals surface area contributed by atoms with E-state index in [1.54, 1.807) is 6.07 Å². The highest BCUT2D eigenvalue weighted by atomic mass is 35.5. The van der Waals surface area contributed by atoms with Crippen molar-refractivity contribution in [1.82, 2.24) is 0 Å². The van der Waals surface area contributed by atoms with Gasteiger partial charge in [-0.05, 0) is 18.2 Å². The molecule has 2 rings (SSSR count). The molecule has 0 aliphatic carbocycles. The zero-order valence-electron chi connectivity index (χ0n) is 9.30. The number of aliphatic hydroxyl groups is 1. The quantitative estimate of drug-likeness (QED) is 0.771. The Morgan fingerprint density at radius 3 is 2.26 bits per heavy atom. The van der Waals surface area contributed by atoms with Crippen molar-refractivity contribution in [3.63, 3.8) is 0 Å². The Kier molecular flexibility index (Phi) is 4.31. The third-order valence-corrected chi connectivity index (χ3v) is 3.73. The average Bonchev–Trinajstić information content (AvgIpc) is 2.36. The number of halogens is 5. The summed E-state index contributed by atoms with van der Waals surface area (Å²) in [6, 6.07) is 6.19. The van der Waals surface area contributed by atoms with Gasteiger partial charge in [0.1, 0.15) is 17.7 Å². The standard InChI is InChI=1S/C13H7Cl3F2O/c14-8-3-1-2-6(12(8)16)13(19)7-4-11(18)9(15)5-10(7)17/h1-5,13,19H. The van der Waals surface area contributed by atoms with Crippen molar-refractivity contribution < 1.29 is 13.9 Å². The molecule has 0 aliphatic rings. The van der Waals surface area contributed by atoms with E-state index in [-0.39, 0.29) is 26.2 Å². The second-order valence-electron chi connectivity index (χ2n) is 3.83. The minimum absolute atomic E-state index is 0.0893. The van der Waals surface area contributed by atoms with E-state index in [2.05, 4.69) is 0 Å². The van der Waals surface area contributed by atoms with Gasteiger partial charge in [-0.1, -0.05) is 46.9 Å². The van der Waals surface area contributed by atoms with E-state index in [9.17, 15) is 13.9 Å². The van der Waals surface area contributed by atoms with Gasteiger partial charge in [0.05, 0.1) is 15.1 Å². The molecule has 0 aromatic heterocycles. The van der Waals surface area contributed by atoms with E-state index < -0.39 is 17.7 Å². The predicted octanol–water partition coefficient (Wildman–Crippen LogP) is 5.01. The van der Waals surface area contributed by atoms with Gasteiger partial charge in [-0.15, -0.1) is 0 Å². The molecule has 0 heterocycles. The monoisotopic (exact) mass is 322 g/mol. The fourth-order valence-electron chi connectivity index (χ4n) is 1.65. The van der Waals surface area contributed by atoms with Gasteiger partial charge >= 0.3 is 0 Å². The molecule has 0 aliphatic heterocycles. The van der Waals surface area contributed by atoms with E-state index in [1.165, 1.54) is 12.1 Å². The molecule has 6 heteroatoms. The minimum Gasteiger partial charge on any atom is -0.383 e. The molecule has 0 spiro atoms. The lowest BCUT2D eigenvalue weighted by Gasteiger charge is -2.15. The maximum absolute atomic E-state index is 13.7. The van der Waals surface area contributed by atoms with Crippen LogP contribution in [0.25, 0.3) is 0 Å². The molecule has 1 unspecified atom stereocenters. The maximum Gasteiger partial charge on any atom is 0.142 e. The lowest BCUT2D eigenvalue weighted by molar-refractivity contribution is 0.214. The van der Waals surface area contributed by atoms with Crippen molar-refractivity contribution in [2.45, 2.75) is 6.10 Å². The Hall–Kier alpha value is -0.870. The number of aliphatic hydroxyl groups excluding tert-OH is 1. The second-order valence-corrected chi connectivity index (χ2v) is 5.03. The first-order valence-corrected chi connectivity index (χ1v) is 6.31. The van der Waals surface area contributed by atoms with Crippen LogP contribution in [0.4, 0.5) is 8.78 Å². The van der Waals surface area contributed by atoms with Gasteiger partial charge in [0, 0.05) is 11.1 Å². The van der Waals surface area contributed by atoms with Crippen LogP contribution in [0.3, 0.4) is 0 Å². The van der Waals surface area contributed by atoms with Gasteiger partial charge in [0.15, 0.2) is 0 Å². The molecule has 0 amide bonds. The first-order valence-electron chi connectivity index (χ1n) is 5.18. The predicted molar refractivity (Wildman–Crippen MR) is 71.9 cm³/mol. The molecule has 1 N–H and O–H groups in total. The summed E-state index contributed by atoms with van der Waals surface area (Å²) in [5.41, 5.74) is -0.0687. The van der Waals surface area contributed by atoms with Crippen LogP contribution in [-0.2, 0) is 0 Å². The fourth-order valence-corrected chi connectivity index (χ4v) is 2.21. The Balaban J connectivity index is 2.53. The maximum atomic E-state index is 13.7. The zero-order chi connectivity index (χ0) is 14.2. The number of benzene rings is 2. The Morgan fingerprint density at radius 2 is 1.58 bits per heavy atom. The van der Waals surface area contributed by atoms with Gasteiger partial charge in [0.2, 0.25) is 0 Å². The van der Waals surface area contributed by atoms with E-state index in [1.807, 2.05) is 0 Å². The second kappa shape index (κ2) is 5.63. The molecule has 0 saturated carbocycles. The smallest absolute Gasteiger partial charge is 0.142 e. The topological polar surface area (TPSA) is 20.2 Å². The Bertz CT molecular complexity index is 632. The van der Waals surface area contributed by atoms with E-state index >= 15 is 0 Å². The van der Waals surface area contributed by atoms with Gasteiger partial charge in [0.25, 0.3) is 0 Å². The molecular formula is C13H7Cl3F2O. The molecule has 100 valence electrons. The lowest BCUT2D eigenvalue weighted by atomic mass is 10.0. The van der Waals surface area contributed by atoms with Crippen LogP contribution in [-0.4, -0.2) is 5.11 Å². The van der Waals surface area contributed by atoms with E-state index in [0.717, 1.165) is 12.1 Å². The lowest BCUT2D eigenvalue weighted by Crippen LogP contribution is -2.04. The summed E-state index contributed by atoms with van der Waals surface area (Å²) in [6.45, 7) is 0. The summed E-state index contributed by atoms with van der Waals surface area (Å²) in [5, 5.41) is 10.0. The molecule has 0 bridgehead atoms. The molecule has 1 nitrogen and oxygen atoms in total. The molecule has 19 heavy (non-hydrogen) atoms. The fraction of sp³-hybridized carbons (Fsp3) is 0.0769. The van der Waals surface area contributed by atoms with Crippen molar-refractivity contribution in [1.29, 1.82) is 0 Å². The Labute approximate surface area is 123 Å². The summed E-state index contributed by atoms with van der Waals surface area (Å²) in [6.07, 6.45) is -1.43. The summed E-state index contributed by atoms with van der Waals surface area (Å²) in [4.78, 5) is 0. The van der Waals surface area contributed by atoms with Crippen molar-refractivity contribution >= 4 is 34.8 Å². The van der Waals surface area contributed by atoms with Crippen LogP contribution < -0.4 is 0 Å². The van der Waals surface area contributed by atoms with Gasteiger partial charge < -0.3 is 5.11 Å². The highest BCUT2D eigenvalue weighted by molar-refractivity contribution is 6.42. The highest BCUT2D eigenvalue weighted by Gasteiger charge is 2.20. The van der Waals surface area contributed by atoms with Crippen LogP contribution >= 0.6 is 34.8 Å². The number of hydrogen-bond acceptors (Lipinski definition) is 1. The highest BCUT2D eigenvalue weighted by Crippen LogP contribution is 2.35. The number of rotatable bonds is 2.